The fourth-order valence-electron chi connectivity index (χ4n) is 2.99. The summed E-state index contributed by atoms with van der Waals surface area (Å²) in [4.78, 5) is 10.9. The highest BCUT2D eigenvalue weighted by Gasteiger charge is 2.31. The van der Waals surface area contributed by atoms with Crippen molar-refractivity contribution in [3.8, 4) is 0 Å². The Hall–Kier alpha value is -1.03. The molecule has 3 unspecified atom stereocenters. The lowest BCUT2D eigenvalue weighted by atomic mass is 9.93. The second-order valence-corrected chi connectivity index (χ2v) is 6.21. The van der Waals surface area contributed by atoms with E-state index < -0.39 is 5.97 Å². The van der Waals surface area contributed by atoms with Gasteiger partial charge in [-0.2, -0.15) is 0 Å². The molecular weight excluding hydrogens is 306 g/mol. The maximum Gasteiger partial charge on any atom is 0.335 e. The summed E-state index contributed by atoms with van der Waals surface area (Å²) in [7, 11) is 0. The summed E-state index contributed by atoms with van der Waals surface area (Å²) < 4.78 is 0.819. The lowest BCUT2D eigenvalue weighted by Gasteiger charge is -2.22. The molecule has 0 bridgehead atoms. The monoisotopic (exact) mass is 325 g/mol. The molecule has 2 rings (SSSR count). The molecule has 0 aromatic heterocycles. The third-order valence-corrected chi connectivity index (χ3v) is 4.96. The highest BCUT2D eigenvalue weighted by molar-refractivity contribution is 9.10. The standard InChI is InChI=1S/C15H20BrNO2/c1-3-10-4-6-13(9(10)2)17-14-7-5-11(15(18)19)8-12(14)16/h5,7-10,13,17H,3-4,6H2,1-2H3,(H,18,19). The number of carboxylic acid groups (broad SMARTS) is 1. The van der Waals surface area contributed by atoms with Gasteiger partial charge in [-0.25, -0.2) is 4.79 Å². The van der Waals surface area contributed by atoms with Gasteiger partial charge in [0.2, 0.25) is 0 Å². The fourth-order valence-corrected chi connectivity index (χ4v) is 3.49. The van der Waals surface area contributed by atoms with E-state index in [1.54, 1.807) is 12.1 Å². The van der Waals surface area contributed by atoms with Crippen molar-refractivity contribution < 1.29 is 9.90 Å². The minimum absolute atomic E-state index is 0.309. The van der Waals surface area contributed by atoms with Gasteiger partial charge in [0.1, 0.15) is 0 Å². The minimum Gasteiger partial charge on any atom is -0.478 e. The van der Waals surface area contributed by atoms with Crippen LogP contribution in [0.1, 0.15) is 43.5 Å². The fraction of sp³-hybridized carbons (Fsp3) is 0.533. The molecule has 0 saturated heterocycles. The molecule has 2 N–H and O–H groups in total. The largest absolute Gasteiger partial charge is 0.478 e. The normalized spacial score (nSPS) is 26.4. The SMILES string of the molecule is CCC1CCC(Nc2ccc(C(=O)O)cc2Br)C1C. The van der Waals surface area contributed by atoms with Crippen LogP contribution in [0.15, 0.2) is 22.7 Å². The van der Waals surface area contributed by atoms with Crippen molar-refractivity contribution in [1.29, 1.82) is 0 Å². The van der Waals surface area contributed by atoms with Crippen LogP contribution in [-0.4, -0.2) is 17.1 Å². The Labute approximate surface area is 122 Å². The number of aromatic carboxylic acids is 1. The van der Waals surface area contributed by atoms with Crippen LogP contribution in [0, 0.1) is 11.8 Å². The van der Waals surface area contributed by atoms with Gasteiger partial charge in [0.25, 0.3) is 0 Å². The minimum atomic E-state index is -0.896. The first-order chi connectivity index (χ1) is 9.02. The van der Waals surface area contributed by atoms with Gasteiger partial charge < -0.3 is 10.4 Å². The van der Waals surface area contributed by atoms with Crippen LogP contribution in [0.4, 0.5) is 5.69 Å². The molecule has 1 aliphatic carbocycles. The molecule has 19 heavy (non-hydrogen) atoms. The smallest absolute Gasteiger partial charge is 0.335 e. The molecule has 1 fully saturated rings. The molecule has 0 spiro atoms. The van der Waals surface area contributed by atoms with Crippen LogP contribution in [0.2, 0.25) is 0 Å². The molecule has 4 heteroatoms. The Morgan fingerprint density at radius 2 is 2.21 bits per heavy atom. The lowest BCUT2D eigenvalue weighted by Crippen LogP contribution is -2.24. The van der Waals surface area contributed by atoms with Crippen molar-refractivity contribution in [3.05, 3.63) is 28.2 Å². The van der Waals surface area contributed by atoms with Crippen molar-refractivity contribution >= 4 is 27.6 Å². The van der Waals surface area contributed by atoms with Gasteiger partial charge in [-0.3, -0.25) is 0 Å². The molecule has 1 aromatic rings. The summed E-state index contributed by atoms with van der Waals surface area (Å²) in [6.45, 7) is 4.56. The van der Waals surface area contributed by atoms with Gasteiger partial charge in [0.05, 0.1) is 5.56 Å². The average Bonchev–Trinajstić information content (AvgIpc) is 2.72. The van der Waals surface area contributed by atoms with Gasteiger partial charge >= 0.3 is 5.97 Å². The number of hydrogen-bond acceptors (Lipinski definition) is 2. The van der Waals surface area contributed by atoms with Crippen molar-refractivity contribution in [1.82, 2.24) is 0 Å². The van der Waals surface area contributed by atoms with Gasteiger partial charge in [-0.15, -0.1) is 0 Å². The van der Waals surface area contributed by atoms with E-state index in [2.05, 4.69) is 35.1 Å². The number of halogens is 1. The average molecular weight is 326 g/mol. The zero-order valence-corrected chi connectivity index (χ0v) is 12.9. The molecule has 1 aromatic carbocycles. The van der Waals surface area contributed by atoms with Crippen LogP contribution < -0.4 is 5.32 Å². The van der Waals surface area contributed by atoms with Crippen molar-refractivity contribution in [2.45, 2.75) is 39.2 Å². The number of carboxylic acids is 1. The molecular formula is C15H20BrNO2. The van der Waals surface area contributed by atoms with E-state index in [0.717, 1.165) is 16.1 Å². The van der Waals surface area contributed by atoms with Crippen LogP contribution in [0.3, 0.4) is 0 Å². The molecule has 1 aliphatic rings. The number of carbonyl (C=O) groups is 1. The van der Waals surface area contributed by atoms with Crippen LogP contribution in [0.5, 0.6) is 0 Å². The van der Waals surface area contributed by atoms with Gasteiger partial charge in [0.15, 0.2) is 0 Å². The number of rotatable bonds is 4. The van der Waals surface area contributed by atoms with Gasteiger partial charge in [0, 0.05) is 16.2 Å². The molecule has 0 heterocycles. The van der Waals surface area contributed by atoms with E-state index >= 15 is 0 Å². The van der Waals surface area contributed by atoms with Crippen LogP contribution >= 0.6 is 15.9 Å². The Bertz CT molecular complexity index is 475. The van der Waals surface area contributed by atoms with Crippen molar-refractivity contribution in [3.63, 3.8) is 0 Å². The third kappa shape index (κ3) is 3.11. The summed E-state index contributed by atoms with van der Waals surface area (Å²) >= 11 is 3.45. The van der Waals surface area contributed by atoms with Gasteiger partial charge in [-0.1, -0.05) is 20.3 Å². The quantitative estimate of drug-likeness (QED) is 0.863. The first kappa shape index (κ1) is 14.4. The second kappa shape index (κ2) is 5.95. The molecule has 0 radical (unpaired) electrons. The topological polar surface area (TPSA) is 49.3 Å². The maximum atomic E-state index is 10.9. The zero-order valence-electron chi connectivity index (χ0n) is 11.3. The first-order valence-electron chi connectivity index (χ1n) is 6.82. The van der Waals surface area contributed by atoms with Crippen molar-refractivity contribution in [2.24, 2.45) is 11.8 Å². The van der Waals surface area contributed by atoms with Gasteiger partial charge in [-0.05, 0) is 58.8 Å². The molecule has 3 atom stereocenters. The van der Waals surface area contributed by atoms with Crippen molar-refractivity contribution in [2.75, 3.05) is 5.32 Å². The third-order valence-electron chi connectivity index (χ3n) is 4.31. The molecule has 3 nitrogen and oxygen atoms in total. The lowest BCUT2D eigenvalue weighted by molar-refractivity contribution is 0.0697. The van der Waals surface area contributed by atoms with Crippen LogP contribution in [-0.2, 0) is 0 Å². The number of benzene rings is 1. The Morgan fingerprint density at radius 3 is 2.74 bits per heavy atom. The maximum absolute atomic E-state index is 10.9. The number of anilines is 1. The molecule has 1 saturated carbocycles. The second-order valence-electron chi connectivity index (χ2n) is 5.36. The molecule has 104 valence electrons. The highest BCUT2D eigenvalue weighted by Crippen LogP contribution is 2.37. The summed E-state index contributed by atoms with van der Waals surface area (Å²) in [5.74, 6) is 0.568. The zero-order chi connectivity index (χ0) is 14.0. The Kier molecular flexibility index (Phi) is 4.50. The summed E-state index contributed by atoms with van der Waals surface area (Å²) in [6, 6.07) is 5.63. The van der Waals surface area contributed by atoms with E-state index in [1.807, 2.05) is 6.07 Å². The Balaban J connectivity index is 2.10. The van der Waals surface area contributed by atoms with E-state index in [1.165, 1.54) is 19.3 Å². The van der Waals surface area contributed by atoms with E-state index in [9.17, 15) is 4.79 Å². The Morgan fingerprint density at radius 1 is 1.47 bits per heavy atom. The number of hydrogen-bond donors (Lipinski definition) is 2. The summed E-state index contributed by atoms with van der Waals surface area (Å²) in [5.41, 5.74) is 1.29. The first-order valence-corrected chi connectivity index (χ1v) is 7.61. The summed E-state index contributed by atoms with van der Waals surface area (Å²) in [5, 5.41) is 12.5. The predicted molar refractivity (Wildman–Crippen MR) is 80.7 cm³/mol. The predicted octanol–water partition coefficient (Wildman–Crippen LogP) is 4.38. The molecule has 0 amide bonds. The van der Waals surface area contributed by atoms with E-state index in [0.29, 0.717) is 17.5 Å². The van der Waals surface area contributed by atoms with E-state index in [4.69, 9.17) is 5.11 Å². The summed E-state index contributed by atoms with van der Waals surface area (Å²) in [6.07, 6.45) is 3.70. The van der Waals surface area contributed by atoms with E-state index in [-0.39, 0.29) is 0 Å². The molecule has 0 aliphatic heterocycles. The highest BCUT2D eigenvalue weighted by atomic mass is 79.9. The number of nitrogens with one attached hydrogen (secondary N) is 1. The van der Waals surface area contributed by atoms with Crippen LogP contribution in [0.25, 0.3) is 0 Å².